The van der Waals surface area contributed by atoms with Crippen LogP contribution in [0.2, 0.25) is 0 Å². The normalized spacial score (nSPS) is 11.8. The summed E-state index contributed by atoms with van der Waals surface area (Å²) in [6.07, 6.45) is -4.46. The molecule has 3 aromatic rings. The summed E-state index contributed by atoms with van der Waals surface area (Å²) < 4.78 is 39.5. The highest BCUT2D eigenvalue weighted by Gasteiger charge is 2.34. The van der Waals surface area contributed by atoms with E-state index in [1.807, 2.05) is 0 Å². The lowest BCUT2D eigenvalue weighted by Gasteiger charge is -2.13. The molecule has 2 aromatic carbocycles. The number of benzene rings is 2. The molecule has 0 unspecified atom stereocenters. The van der Waals surface area contributed by atoms with Crippen molar-refractivity contribution in [2.75, 3.05) is 5.73 Å². The standard InChI is InChI=1S/C15H10F3N3/c16-15(17,18)11-7-3-1-5-9(11)13-10-6-2-4-8-12(10)20-14(19)21-13/h1-8H,(H2,19,20,21). The van der Waals surface area contributed by atoms with E-state index in [0.29, 0.717) is 10.9 Å². The van der Waals surface area contributed by atoms with Gasteiger partial charge in [-0.3, -0.25) is 0 Å². The van der Waals surface area contributed by atoms with Gasteiger partial charge >= 0.3 is 6.18 Å². The van der Waals surface area contributed by atoms with Crippen molar-refractivity contribution in [2.45, 2.75) is 6.18 Å². The Morgan fingerprint density at radius 1 is 0.857 bits per heavy atom. The number of alkyl halides is 3. The highest BCUT2D eigenvalue weighted by Crippen LogP contribution is 2.38. The summed E-state index contributed by atoms with van der Waals surface area (Å²) in [4.78, 5) is 8.05. The summed E-state index contributed by atoms with van der Waals surface area (Å²) >= 11 is 0. The van der Waals surface area contributed by atoms with Crippen molar-refractivity contribution in [3.05, 3.63) is 54.1 Å². The van der Waals surface area contributed by atoms with E-state index < -0.39 is 11.7 Å². The molecule has 21 heavy (non-hydrogen) atoms. The van der Waals surface area contributed by atoms with Crippen molar-refractivity contribution in [2.24, 2.45) is 0 Å². The number of nitrogens with zero attached hydrogens (tertiary/aromatic N) is 2. The van der Waals surface area contributed by atoms with Gasteiger partial charge in [-0.2, -0.15) is 13.2 Å². The van der Waals surface area contributed by atoms with E-state index in [1.54, 1.807) is 24.3 Å². The van der Waals surface area contributed by atoms with Gasteiger partial charge in [-0.05, 0) is 12.1 Å². The molecule has 0 spiro atoms. The van der Waals surface area contributed by atoms with Crippen LogP contribution in [-0.2, 0) is 6.18 Å². The van der Waals surface area contributed by atoms with E-state index in [-0.39, 0.29) is 17.2 Å². The van der Waals surface area contributed by atoms with Crippen molar-refractivity contribution < 1.29 is 13.2 Å². The van der Waals surface area contributed by atoms with E-state index in [2.05, 4.69) is 9.97 Å². The van der Waals surface area contributed by atoms with Gasteiger partial charge < -0.3 is 5.73 Å². The van der Waals surface area contributed by atoms with Crippen LogP contribution in [0.5, 0.6) is 0 Å². The molecule has 0 fully saturated rings. The molecule has 1 aromatic heterocycles. The summed E-state index contributed by atoms with van der Waals surface area (Å²) in [5.74, 6) is -0.0549. The van der Waals surface area contributed by atoms with Crippen LogP contribution in [0.1, 0.15) is 5.56 Å². The zero-order valence-electron chi connectivity index (χ0n) is 10.7. The Morgan fingerprint density at radius 2 is 1.52 bits per heavy atom. The summed E-state index contributed by atoms with van der Waals surface area (Å²) in [6.45, 7) is 0. The van der Waals surface area contributed by atoms with Gasteiger partial charge in [0.05, 0.1) is 16.8 Å². The number of aromatic nitrogens is 2. The molecule has 0 saturated heterocycles. The van der Waals surface area contributed by atoms with Crippen LogP contribution in [0, 0.1) is 0 Å². The van der Waals surface area contributed by atoms with Gasteiger partial charge in [-0.15, -0.1) is 0 Å². The molecule has 0 aliphatic carbocycles. The zero-order chi connectivity index (χ0) is 15.0. The van der Waals surface area contributed by atoms with E-state index in [9.17, 15) is 13.2 Å². The van der Waals surface area contributed by atoms with Crippen LogP contribution in [0.25, 0.3) is 22.2 Å². The SMILES string of the molecule is Nc1nc(-c2ccccc2C(F)(F)F)c2ccccc2n1. The number of hydrogen-bond acceptors (Lipinski definition) is 3. The first kappa shape index (κ1) is 13.4. The third-order valence-electron chi connectivity index (χ3n) is 3.11. The fraction of sp³-hybridized carbons (Fsp3) is 0.0667. The Morgan fingerprint density at radius 3 is 2.29 bits per heavy atom. The number of anilines is 1. The van der Waals surface area contributed by atoms with Gasteiger partial charge in [0, 0.05) is 10.9 Å². The molecule has 0 aliphatic rings. The first-order chi connectivity index (χ1) is 9.97. The van der Waals surface area contributed by atoms with E-state index >= 15 is 0 Å². The van der Waals surface area contributed by atoms with Crippen molar-refractivity contribution in [3.8, 4) is 11.3 Å². The first-order valence-electron chi connectivity index (χ1n) is 6.15. The molecule has 0 amide bonds. The molecule has 3 nitrogen and oxygen atoms in total. The largest absolute Gasteiger partial charge is 0.417 e. The predicted octanol–water partition coefficient (Wildman–Crippen LogP) is 3.90. The second-order valence-electron chi connectivity index (χ2n) is 4.49. The molecule has 0 atom stereocenters. The minimum Gasteiger partial charge on any atom is -0.368 e. The summed E-state index contributed by atoms with van der Waals surface area (Å²) in [7, 11) is 0. The Balaban J connectivity index is 2.36. The third kappa shape index (κ3) is 2.40. The van der Waals surface area contributed by atoms with Crippen LogP contribution in [0.4, 0.5) is 19.1 Å². The van der Waals surface area contributed by atoms with Gasteiger partial charge in [-0.25, -0.2) is 9.97 Å². The highest BCUT2D eigenvalue weighted by atomic mass is 19.4. The third-order valence-corrected chi connectivity index (χ3v) is 3.11. The molecule has 1 heterocycles. The molecule has 0 radical (unpaired) electrons. The average molecular weight is 289 g/mol. The molecule has 0 saturated carbocycles. The van der Waals surface area contributed by atoms with Crippen LogP contribution < -0.4 is 5.73 Å². The van der Waals surface area contributed by atoms with Crippen molar-refractivity contribution in [1.82, 2.24) is 9.97 Å². The van der Waals surface area contributed by atoms with E-state index in [0.717, 1.165) is 6.07 Å². The minimum atomic E-state index is -4.46. The Bertz CT molecular complexity index is 813. The maximum atomic E-state index is 13.2. The predicted molar refractivity (Wildman–Crippen MR) is 74.4 cm³/mol. The van der Waals surface area contributed by atoms with Crippen molar-refractivity contribution in [3.63, 3.8) is 0 Å². The summed E-state index contributed by atoms with van der Waals surface area (Å²) in [5.41, 5.74) is 5.57. The summed E-state index contributed by atoms with van der Waals surface area (Å²) in [6, 6.07) is 12.1. The van der Waals surface area contributed by atoms with Gasteiger partial charge in [0.2, 0.25) is 5.95 Å². The molecule has 0 aliphatic heterocycles. The molecule has 106 valence electrons. The van der Waals surface area contributed by atoms with Crippen LogP contribution in [-0.4, -0.2) is 9.97 Å². The number of fused-ring (bicyclic) bond motifs is 1. The van der Waals surface area contributed by atoms with Gasteiger partial charge in [0.15, 0.2) is 0 Å². The lowest BCUT2D eigenvalue weighted by atomic mass is 10.0. The smallest absolute Gasteiger partial charge is 0.368 e. The van der Waals surface area contributed by atoms with E-state index in [1.165, 1.54) is 18.2 Å². The van der Waals surface area contributed by atoms with Gasteiger partial charge in [0.1, 0.15) is 0 Å². The maximum absolute atomic E-state index is 13.2. The number of hydrogen-bond donors (Lipinski definition) is 1. The van der Waals surface area contributed by atoms with Gasteiger partial charge in [0.25, 0.3) is 0 Å². The Labute approximate surface area is 118 Å². The Hall–Kier alpha value is -2.63. The highest BCUT2D eigenvalue weighted by molar-refractivity contribution is 5.93. The molecular formula is C15H10F3N3. The number of nitrogen functional groups attached to an aromatic ring is 1. The number of para-hydroxylation sites is 1. The molecule has 3 rings (SSSR count). The topological polar surface area (TPSA) is 51.8 Å². The second kappa shape index (κ2) is 4.73. The maximum Gasteiger partial charge on any atom is 0.417 e. The van der Waals surface area contributed by atoms with Crippen LogP contribution >= 0.6 is 0 Å². The Kier molecular flexibility index (Phi) is 3.01. The van der Waals surface area contributed by atoms with Crippen LogP contribution in [0.15, 0.2) is 48.5 Å². The minimum absolute atomic E-state index is 0.00435. The lowest BCUT2D eigenvalue weighted by molar-refractivity contribution is -0.137. The molecule has 0 bridgehead atoms. The number of rotatable bonds is 1. The monoisotopic (exact) mass is 289 g/mol. The fourth-order valence-electron chi connectivity index (χ4n) is 2.24. The molecule has 6 heteroatoms. The van der Waals surface area contributed by atoms with Gasteiger partial charge in [-0.1, -0.05) is 36.4 Å². The quantitative estimate of drug-likeness (QED) is 0.739. The van der Waals surface area contributed by atoms with Crippen molar-refractivity contribution in [1.29, 1.82) is 0 Å². The van der Waals surface area contributed by atoms with Crippen LogP contribution in [0.3, 0.4) is 0 Å². The average Bonchev–Trinajstić information content (AvgIpc) is 2.45. The number of halogens is 3. The second-order valence-corrected chi connectivity index (χ2v) is 4.49. The first-order valence-corrected chi connectivity index (χ1v) is 6.15. The van der Waals surface area contributed by atoms with E-state index in [4.69, 9.17) is 5.73 Å². The number of nitrogens with two attached hydrogens (primary N) is 1. The van der Waals surface area contributed by atoms with Crippen molar-refractivity contribution >= 4 is 16.9 Å². The lowest BCUT2D eigenvalue weighted by Crippen LogP contribution is -2.08. The molecular weight excluding hydrogens is 279 g/mol. The summed E-state index contributed by atoms with van der Waals surface area (Å²) in [5, 5.41) is 0.531. The molecule has 2 N–H and O–H groups in total. The fourth-order valence-corrected chi connectivity index (χ4v) is 2.24. The zero-order valence-corrected chi connectivity index (χ0v) is 10.7.